The lowest BCUT2D eigenvalue weighted by Crippen LogP contribution is -2.27. The van der Waals surface area contributed by atoms with E-state index in [0.29, 0.717) is 30.8 Å². The third-order valence-electron chi connectivity index (χ3n) is 2.34. The fraction of sp³-hybridized carbons (Fsp3) is 0.333. The Morgan fingerprint density at radius 1 is 1.39 bits per heavy atom. The number of hydrogen-bond acceptors (Lipinski definition) is 3. The first-order chi connectivity index (χ1) is 8.61. The van der Waals surface area contributed by atoms with Crippen molar-refractivity contribution in [2.75, 3.05) is 6.54 Å². The van der Waals surface area contributed by atoms with Crippen LogP contribution in [0.4, 0.5) is 0 Å². The summed E-state index contributed by atoms with van der Waals surface area (Å²) in [6.07, 6.45) is 1.42. The molecule has 0 saturated carbocycles. The van der Waals surface area contributed by atoms with E-state index in [1.54, 1.807) is 12.1 Å². The van der Waals surface area contributed by atoms with Gasteiger partial charge in [0, 0.05) is 18.0 Å². The van der Waals surface area contributed by atoms with Crippen LogP contribution in [-0.2, 0) is 11.2 Å². The van der Waals surface area contributed by atoms with Crippen molar-refractivity contribution in [3.05, 3.63) is 34.9 Å². The Kier molecular flexibility index (Phi) is 6.00. The molecule has 0 saturated heterocycles. The molecule has 0 atom stereocenters. The number of carbonyl (C=O) groups is 1. The highest BCUT2D eigenvalue weighted by Crippen LogP contribution is 2.09. The second-order valence-electron chi connectivity index (χ2n) is 3.85. The maximum Gasteiger partial charge on any atom is 0.224 e. The second-order valence-corrected chi connectivity index (χ2v) is 4.28. The third kappa shape index (κ3) is 5.54. The number of amidine groups is 1. The summed E-state index contributed by atoms with van der Waals surface area (Å²) in [7, 11) is 0. The Morgan fingerprint density at radius 2 is 2.06 bits per heavy atom. The SMILES string of the molecule is NC(CCCNC(=O)Cc1ccc(Cl)cc1)=NO. The minimum absolute atomic E-state index is 0.0585. The molecular weight excluding hydrogens is 254 g/mol. The quantitative estimate of drug-likeness (QED) is 0.241. The predicted octanol–water partition coefficient (Wildman–Crippen LogP) is 1.53. The highest BCUT2D eigenvalue weighted by Gasteiger charge is 2.03. The Labute approximate surface area is 111 Å². The van der Waals surface area contributed by atoms with Gasteiger partial charge in [0.25, 0.3) is 0 Å². The molecule has 0 aromatic heterocycles. The zero-order valence-electron chi connectivity index (χ0n) is 9.90. The fourth-order valence-electron chi connectivity index (χ4n) is 1.40. The van der Waals surface area contributed by atoms with Gasteiger partial charge < -0.3 is 16.3 Å². The normalized spacial score (nSPS) is 11.3. The lowest BCUT2D eigenvalue weighted by molar-refractivity contribution is -0.120. The van der Waals surface area contributed by atoms with Gasteiger partial charge in [-0.2, -0.15) is 0 Å². The average Bonchev–Trinajstić information content (AvgIpc) is 2.37. The summed E-state index contributed by atoms with van der Waals surface area (Å²) in [5, 5.41) is 14.6. The zero-order chi connectivity index (χ0) is 13.4. The van der Waals surface area contributed by atoms with Crippen molar-refractivity contribution in [3.8, 4) is 0 Å². The first-order valence-electron chi connectivity index (χ1n) is 5.59. The summed E-state index contributed by atoms with van der Waals surface area (Å²) in [6, 6.07) is 7.14. The van der Waals surface area contributed by atoms with E-state index in [-0.39, 0.29) is 11.7 Å². The molecule has 98 valence electrons. The number of halogens is 1. The molecule has 1 aromatic rings. The predicted molar refractivity (Wildman–Crippen MR) is 70.8 cm³/mol. The van der Waals surface area contributed by atoms with Crippen LogP contribution < -0.4 is 11.1 Å². The van der Waals surface area contributed by atoms with Gasteiger partial charge in [0.2, 0.25) is 5.91 Å². The molecule has 4 N–H and O–H groups in total. The number of carbonyl (C=O) groups excluding carboxylic acids is 1. The zero-order valence-corrected chi connectivity index (χ0v) is 10.7. The minimum atomic E-state index is -0.0585. The van der Waals surface area contributed by atoms with Gasteiger partial charge in [0.1, 0.15) is 5.84 Å². The largest absolute Gasteiger partial charge is 0.409 e. The second kappa shape index (κ2) is 7.55. The van der Waals surface area contributed by atoms with Gasteiger partial charge in [0.05, 0.1) is 6.42 Å². The summed E-state index contributed by atoms with van der Waals surface area (Å²) in [6.45, 7) is 0.503. The van der Waals surface area contributed by atoms with Crippen molar-refractivity contribution in [2.45, 2.75) is 19.3 Å². The van der Waals surface area contributed by atoms with Crippen LogP contribution >= 0.6 is 11.6 Å². The van der Waals surface area contributed by atoms with E-state index in [2.05, 4.69) is 10.5 Å². The van der Waals surface area contributed by atoms with E-state index in [1.807, 2.05) is 12.1 Å². The fourth-order valence-corrected chi connectivity index (χ4v) is 1.52. The van der Waals surface area contributed by atoms with Crippen molar-refractivity contribution in [1.82, 2.24) is 5.32 Å². The molecule has 0 aliphatic rings. The molecule has 0 heterocycles. The van der Waals surface area contributed by atoms with Gasteiger partial charge >= 0.3 is 0 Å². The summed E-state index contributed by atoms with van der Waals surface area (Å²) in [5.41, 5.74) is 6.21. The lowest BCUT2D eigenvalue weighted by atomic mass is 10.1. The van der Waals surface area contributed by atoms with Gasteiger partial charge in [-0.15, -0.1) is 0 Å². The summed E-state index contributed by atoms with van der Waals surface area (Å²) >= 11 is 5.75. The molecule has 0 unspecified atom stereocenters. The van der Waals surface area contributed by atoms with Crippen molar-refractivity contribution in [2.24, 2.45) is 10.9 Å². The standard InChI is InChI=1S/C12H16ClN3O2/c13-10-5-3-9(4-6-10)8-12(17)15-7-1-2-11(14)16-18/h3-6,18H,1-2,7-8H2,(H2,14,16)(H,15,17). The highest BCUT2D eigenvalue weighted by molar-refractivity contribution is 6.30. The number of nitrogens with two attached hydrogens (primary N) is 1. The van der Waals surface area contributed by atoms with E-state index in [1.165, 1.54) is 0 Å². The first-order valence-corrected chi connectivity index (χ1v) is 5.97. The van der Waals surface area contributed by atoms with Crippen molar-refractivity contribution in [3.63, 3.8) is 0 Å². The van der Waals surface area contributed by atoms with Crippen molar-refractivity contribution < 1.29 is 10.0 Å². The van der Waals surface area contributed by atoms with Gasteiger partial charge in [-0.3, -0.25) is 4.79 Å². The smallest absolute Gasteiger partial charge is 0.224 e. The molecule has 1 aromatic carbocycles. The number of benzene rings is 1. The summed E-state index contributed by atoms with van der Waals surface area (Å²) < 4.78 is 0. The molecule has 0 aliphatic carbocycles. The highest BCUT2D eigenvalue weighted by atomic mass is 35.5. The summed E-state index contributed by atoms with van der Waals surface area (Å²) in [5.74, 6) is 0.110. The molecule has 0 spiro atoms. The van der Waals surface area contributed by atoms with Crippen LogP contribution in [-0.4, -0.2) is 23.5 Å². The van der Waals surface area contributed by atoms with E-state index < -0.39 is 0 Å². The molecule has 18 heavy (non-hydrogen) atoms. The molecule has 5 nitrogen and oxygen atoms in total. The van der Waals surface area contributed by atoms with E-state index in [9.17, 15) is 4.79 Å². The minimum Gasteiger partial charge on any atom is -0.409 e. The Morgan fingerprint density at radius 3 is 2.67 bits per heavy atom. The van der Waals surface area contributed by atoms with Gasteiger partial charge in [-0.05, 0) is 24.1 Å². The van der Waals surface area contributed by atoms with Crippen LogP contribution in [0.2, 0.25) is 5.02 Å². The molecule has 1 amide bonds. The van der Waals surface area contributed by atoms with Crippen LogP contribution in [0, 0.1) is 0 Å². The average molecular weight is 270 g/mol. The van der Waals surface area contributed by atoms with Crippen LogP contribution in [0.25, 0.3) is 0 Å². The van der Waals surface area contributed by atoms with Crippen LogP contribution in [0.5, 0.6) is 0 Å². The number of amides is 1. The monoisotopic (exact) mass is 269 g/mol. The molecule has 0 radical (unpaired) electrons. The molecule has 1 rings (SSSR count). The van der Waals surface area contributed by atoms with E-state index >= 15 is 0 Å². The first kappa shape index (κ1) is 14.3. The number of nitrogens with zero attached hydrogens (tertiary/aromatic N) is 1. The number of nitrogens with one attached hydrogen (secondary N) is 1. The number of rotatable bonds is 6. The van der Waals surface area contributed by atoms with E-state index in [0.717, 1.165) is 5.56 Å². The molecule has 0 aliphatic heterocycles. The van der Waals surface area contributed by atoms with Crippen LogP contribution in [0.1, 0.15) is 18.4 Å². The van der Waals surface area contributed by atoms with Gasteiger partial charge in [-0.25, -0.2) is 0 Å². The Balaban J connectivity index is 2.23. The van der Waals surface area contributed by atoms with Crippen LogP contribution in [0.3, 0.4) is 0 Å². The molecule has 0 fully saturated rings. The van der Waals surface area contributed by atoms with Crippen LogP contribution in [0.15, 0.2) is 29.4 Å². The number of oxime groups is 1. The molecule has 0 bridgehead atoms. The van der Waals surface area contributed by atoms with Gasteiger partial charge in [-0.1, -0.05) is 28.9 Å². The maximum atomic E-state index is 11.6. The Bertz CT molecular complexity index is 418. The van der Waals surface area contributed by atoms with Crippen molar-refractivity contribution >= 4 is 23.3 Å². The lowest BCUT2D eigenvalue weighted by Gasteiger charge is -2.05. The topological polar surface area (TPSA) is 87.7 Å². The third-order valence-corrected chi connectivity index (χ3v) is 2.59. The van der Waals surface area contributed by atoms with Crippen molar-refractivity contribution in [1.29, 1.82) is 0 Å². The number of hydrogen-bond donors (Lipinski definition) is 3. The van der Waals surface area contributed by atoms with E-state index in [4.69, 9.17) is 22.5 Å². The van der Waals surface area contributed by atoms with Gasteiger partial charge in [0.15, 0.2) is 0 Å². The maximum absolute atomic E-state index is 11.6. The molecule has 6 heteroatoms. The summed E-state index contributed by atoms with van der Waals surface area (Å²) in [4.78, 5) is 11.6. The Hall–Kier alpha value is -1.75. The molecular formula is C12H16ClN3O2.